The predicted octanol–water partition coefficient (Wildman–Crippen LogP) is 17.0. The van der Waals surface area contributed by atoms with Crippen molar-refractivity contribution in [3.63, 3.8) is 0 Å². The first-order valence-corrected chi connectivity index (χ1v) is 24.5. The molecule has 0 saturated carbocycles. The second kappa shape index (κ2) is 19.6. The summed E-state index contributed by atoms with van der Waals surface area (Å²) in [5.74, 6) is 0. The average molecular weight is 912 g/mol. The monoisotopic (exact) mass is 911 g/mol. The lowest BCUT2D eigenvalue weighted by Gasteiger charge is -2.18. The molecule has 4 nitrogen and oxygen atoms in total. The lowest BCUT2D eigenvalue weighted by Crippen LogP contribution is -1.98. The molecule has 0 aliphatic rings. The van der Waals surface area contributed by atoms with Gasteiger partial charge in [-0.25, -0.2) is 0 Å². The first-order chi connectivity index (χ1) is 35.1. The lowest BCUT2D eigenvalue weighted by atomic mass is 9.86. The molecule has 71 heavy (non-hydrogen) atoms. The van der Waals surface area contributed by atoms with Gasteiger partial charge in [0.2, 0.25) is 0 Å². The predicted molar refractivity (Wildman–Crippen MR) is 293 cm³/mol. The van der Waals surface area contributed by atoms with E-state index in [2.05, 4.69) is 198 Å². The molecule has 0 amide bonds. The highest BCUT2D eigenvalue weighted by Crippen LogP contribution is 2.42. The Labute approximate surface area is 414 Å². The van der Waals surface area contributed by atoms with E-state index in [9.17, 15) is 0 Å². The van der Waals surface area contributed by atoms with Crippen LogP contribution in [0.4, 0.5) is 0 Å². The van der Waals surface area contributed by atoms with Crippen LogP contribution in [0.25, 0.3) is 100 Å². The molecule has 0 spiro atoms. The Balaban J connectivity index is 0.924. The van der Waals surface area contributed by atoms with Crippen molar-refractivity contribution in [3.05, 3.63) is 271 Å². The molecule has 0 unspecified atom stereocenters. The normalized spacial score (nSPS) is 11.3. The molecule has 0 fully saturated rings. The first-order valence-electron chi connectivity index (χ1n) is 24.5. The number of hydrogen-bond donors (Lipinski definition) is 0. The van der Waals surface area contributed by atoms with Gasteiger partial charge >= 0.3 is 0 Å². The van der Waals surface area contributed by atoms with Gasteiger partial charge in [0.25, 0.3) is 0 Å². The molecular weight excluding hydrogens is 863 g/mol. The number of para-hydroxylation sites is 1. The Morgan fingerprint density at radius 2 is 0.789 bits per heavy atom. The largest absolute Gasteiger partial charge is 0.456 e. The summed E-state index contributed by atoms with van der Waals surface area (Å²) in [6.45, 7) is 0. The number of aryl methyl sites for hydroxylation is 4. The van der Waals surface area contributed by atoms with Gasteiger partial charge in [0.15, 0.2) is 0 Å². The molecule has 12 aromatic rings. The zero-order valence-electron chi connectivity index (χ0n) is 39.2. The van der Waals surface area contributed by atoms with Crippen molar-refractivity contribution in [2.75, 3.05) is 0 Å². The standard InChI is InChI=1S/C67H49N3O/c1-2-12-50(13-3-1)51-32-34-52(35-33-51)61-43-55(65-44-67-62(45-70-65)60-16-6-7-19-66(60)71-67)36-37-59(61)58-15-5-4-14-57(58)56-41-48(22-20-46-24-28-53(29-25-46)63-17-8-10-38-68-63)40-49(42-56)23-21-47-26-30-54(31-27-47)64-18-9-11-39-69-64/h1-19,24-45H,20-23H2. The van der Waals surface area contributed by atoms with Gasteiger partial charge in [0.1, 0.15) is 11.2 Å². The van der Waals surface area contributed by atoms with Gasteiger partial charge in [-0.05, 0) is 129 Å². The van der Waals surface area contributed by atoms with Crippen molar-refractivity contribution in [2.45, 2.75) is 25.7 Å². The SMILES string of the molecule is c1ccc(-c2ccc(-c3cc(-c4cc5oc6ccccc6c5cn4)ccc3-c3ccccc3-c3cc(CCc4ccc(-c5ccccn5)cc4)cc(CCc4ccc(-c5ccccn5)cc4)c3)cc2)cc1. The molecule has 0 aliphatic heterocycles. The van der Waals surface area contributed by atoms with E-state index in [-0.39, 0.29) is 0 Å². The lowest BCUT2D eigenvalue weighted by molar-refractivity contribution is 0.668. The third-order valence-corrected chi connectivity index (χ3v) is 13.7. The van der Waals surface area contributed by atoms with Gasteiger partial charge in [0, 0.05) is 52.1 Å². The summed E-state index contributed by atoms with van der Waals surface area (Å²) in [4.78, 5) is 14.2. The van der Waals surface area contributed by atoms with Crippen molar-refractivity contribution in [1.29, 1.82) is 0 Å². The number of fused-ring (bicyclic) bond motifs is 3. The zero-order chi connectivity index (χ0) is 47.3. The maximum absolute atomic E-state index is 6.34. The van der Waals surface area contributed by atoms with Gasteiger partial charge in [-0.1, -0.05) is 188 Å². The molecule has 0 N–H and O–H groups in total. The van der Waals surface area contributed by atoms with E-state index in [0.717, 1.165) is 98.1 Å². The number of nitrogens with zero attached hydrogens (tertiary/aromatic N) is 3. The van der Waals surface area contributed by atoms with E-state index in [4.69, 9.17) is 9.40 Å². The third kappa shape index (κ3) is 9.32. The Kier molecular flexibility index (Phi) is 11.9. The smallest absolute Gasteiger partial charge is 0.139 e. The minimum absolute atomic E-state index is 0.832. The van der Waals surface area contributed by atoms with E-state index in [1.54, 1.807) is 0 Å². The van der Waals surface area contributed by atoms with Crippen LogP contribution >= 0.6 is 0 Å². The molecule has 0 bridgehead atoms. The second-order valence-electron chi connectivity index (χ2n) is 18.3. The molecule has 4 heteroatoms. The van der Waals surface area contributed by atoms with Crippen LogP contribution in [0.5, 0.6) is 0 Å². The van der Waals surface area contributed by atoms with Crippen LogP contribution in [-0.2, 0) is 25.7 Å². The van der Waals surface area contributed by atoms with E-state index >= 15 is 0 Å². The van der Waals surface area contributed by atoms with Crippen molar-refractivity contribution < 1.29 is 4.42 Å². The summed E-state index contributed by atoms with van der Waals surface area (Å²) in [6.07, 6.45) is 9.35. The quantitative estimate of drug-likeness (QED) is 0.116. The molecule has 4 heterocycles. The Hall–Kier alpha value is -8.99. The van der Waals surface area contributed by atoms with Crippen LogP contribution in [0.15, 0.2) is 254 Å². The summed E-state index contributed by atoms with van der Waals surface area (Å²) < 4.78 is 6.34. The molecule has 12 rings (SSSR count). The van der Waals surface area contributed by atoms with Gasteiger partial charge in [-0.3, -0.25) is 15.0 Å². The highest BCUT2D eigenvalue weighted by molar-refractivity contribution is 6.05. The maximum Gasteiger partial charge on any atom is 0.139 e. The molecular formula is C67H49N3O. The van der Waals surface area contributed by atoms with Crippen molar-refractivity contribution in [2.24, 2.45) is 0 Å². The Morgan fingerprint density at radius 1 is 0.268 bits per heavy atom. The zero-order valence-corrected chi connectivity index (χ0v) is 39.2. The summed E-state index contributed by atoms with van der Waals surface area (Å²) in [5, 5.41) is 2.09. The molecule has 8 aromatic carbocycles. The number of furan rings is 1. The highest BCUT2D eigenvalue weighted by Gasteiger charge is 2.17. The number of hydrogen-bond acceptors (Lipinski definition) is 4. The number of aromatic nitrogens is 3. The van der Waals surface area contributed by atoms with Gasteiger partial charge in [-0.2, -0.15) is 0 Å². The molecule has 0 aliphatic carbocycles. The second-order valence-corrected chi connectivity index (χ2v) is 18.3. The van der Waals surface area contributed by atoms with Gasteiger partial charge in [0.05, 0.1) is 17.1 Å². The summed E-state index contributed by atoms with van der Waals surface area (Å²) in [5.41, 5.74) is 22.5. The average Bonchev–Trinajstić information content (AvgIpc) is 3.83. The van der Waals surface area contributed by atoms with Crippen LogP contribution in [-0.4, -0.2) is 15.0 Å². The van der Waals surface area contributed by atoms with Crippen LogP contribution < -0.4 is 0 Å². The topological polar surface area (TPSA) is 51.8 Å². The van der Waals surface area contributed by atoms with Crippen LogP contribution in [0, 0.1) is 0 Å². The molecule has 0 atom stereocenters. The fraction of sp³-hybridized carbons (Fsp3) is 0.0597. The van der Waals surface area contributed by atoms with Crippen LogP contribution in [0.1, 0.15) is 22.3 Å². The maximum atomic E-state index is 6.34. The van der Waals surface area contributed by atoms with Gasteiger partial charge < -0.3 is 4.42 Å². The van der Waals surface area contributed by atoms with Crippen LogP contribution in [0.3, 0.4) is 0 Å². The fourth-order valence-corrected chi connectivity index (χ4v) is 9.93. The molecule has 338 valence electrons. The highest BCUT2D eigenvalue weighted by atomic mass is 16.3. The molecule has 0 radical (unpaired) electrons. The summed E-state index contributed by atoms with van der Waals surface area (Å²) in [6, 6.07) is 82.7. The summed E-state index contributed by atoms with van der Waals surface area (Å²) in [7, 11) is 0. The Bertz CT molecular complexity index is 3670. The van der Waals surface area contributed by atoms with Crippen LogP contribution in [0.2, 0.25) is 0 Å². The third-order valence-electron chi connectivity index (χ3n) is 13.7. The number of pyridine rings is 3. The van der Waals surface area contributed by atoms with E-state index in [1.165, 1.54) is 50.1 Å². The van der Waals surface area contributed by atoms with E-state index < -0.39 is 0 Å². The number of benzene rings is 8. The van der Waals surface area contributed by atoms with Crippen molar-refractivity contribution in [1.82, 2.24) is 15.0 Å². The summed E-state index contributed by atoms with van der Waals surface area (Å²) >= 11 is 0. The number of rotatable bonds is 13. The molecule has 4 aromatic heterocycles. The first kappa shape index (κ1) is 43.3. The van der Waals surface area contributed by atoms with E-state index in [1.807, 2.05) is 61.1 Å². The van der Waals surface area contributed by atoms with E-state index in [0.29, 0.717) is 0 Å². The molecule has 0 saturated heterocycles. The minimum Gasteiger partial charge on any atom is -0.456 e. The van der Waals surface area contributed by atoms with Crippen molar-refractivity contribution >= 4 is 21.9 Å². The minimum atomic E-state index is 0.832. The Morgan fingerprint density at radius 3 is 1.44 bits per heavy atom. The fourth-order valence-electron chi connectivity index (χ4n) is 9.93. The van der Waals surface area contributed by atoms with Gasteiger partial charge in [-0.15, -0.1) is 0 Å². The van der Waals surface area contributed by atoms with Crippen molar-refractivity contribution in [3.8, 4) is 78.3 Å².